The zero-order valence-corrected chi connectivity index (χ0v) is 16.9. The van der Waals surface area contributed by atoms with Crippen LogP contribution in [0.2, 0.25) is 0 Å². The maximum absolute atomic E-state index is 12.3. The highest BCUT2D eigenvalue weighted by molar-refractivity contribution is 6.20. The number of hydrogen-bond acceptors (Lipinski definition) is 6. The van der Waals surface area contributed by atoms with Gasteiger partial charge in [0, 0.05) is 12.2 Å². The SMILES string of the molecule is CCOC(=O)c1cnc2c(cnn2CC(Cl)COc2ccccc2)c1NC1CC1. The van der Waals surface area contributed by atoms with Gasteiger partial charge in [0.25, 0.3) is 0 Å². The van der Waals surface area contributed by atoms with Gasteiger partial charge in [0.05, 0.1) is 35.8 Å². The number of benzene rings is 1. The number of ether oxygens (including phenoxy) is 2. The van der Waals surface area contributed by atoms with Gasteiger partial charge < -0.3 is 14.8 Å². The number of fused-ring (bicyclic) bond motifs is 1. The molecule has 2 aromatic heterocycles. The molecular formula is C21H23ClN4O3. The van der Waals surface area contributed by atoms with Crippen molar-refractivity contribution in [2.24, 2.45) is 0 Å². The first-order valence-corrected chi connectivity index (χ1v) is 10.2. The molecule has 0 spiro atoms. The summed E-state index contributed by atoms with van der Waals surface area (Å²) in [4.78, 5) is 16.8. The van der Waals surface area contributed by atoms with Crippen molar-refractivity contribution in [1.29, 1.82) is 0 Å². The molecule has 0 radical (unpaired) electrons. The highest BCUT2D eigenvalue weighted by atomic mass is 35.5. The number of hydrogen-bond donors (Lipinski definition) is 1. The van der Waals surface area contributed by atoms with Crippen LogP contribution in [0.3, 0.4) is 0 Å². The lowest BCUT2D eigenvalue weighted by atomic mass is 10.1. The number of alkyl halides is 1. The molecule has 1 atom stereocenters. The molecular weight excluding hydrogens is 392 g/mol. The highest BCUT2D eigenvalue weighted by Crippen LogP contribution is 2.32. The summed E-state index contributed by atoms with van der Waals surface area (Å²) < 4.78 is 12.6. The van der Waals surface area contributed by atoms with Gasteiger partial charge in [-0.2, -0.15) is 5.10 Å². The third-order valence-corrected chi connectivity index (χ3v) is 4.90. The number of nitrogens with one attached hydrogen (secondary N) is 1. The monoisotopic (exact) mass is 414 g/mol. The van der Waals surface area contributed by atoms with Crippen molar-refractivity contribution in [1.82, 2.24) is 14.8 Å². The third kappa shape index (κ3) is 4.62. The zero-order valence-electron chi connectivity index (χ0n) is 16.2. The minimum Gasteiger partial charge on any atom is -0.492 e. The van der Waals surface area contributed by atoms with Gasteiger partial charge in [-0.05, 0) is 31.9 Å². The lowest BCUT2D eigenvalue weighted by molar-refractivity contribution is 0.0527. The number of para-hydroxylation sites is 1. The van der Waals surface area contributed by atoms with Gasteiger partial charge >= 0.3 is 5.97 Å². The van der Waals surface area contributed by atoms with E-state index < -0.39 is 0 Å². The van der Waals surface area contributed by atoms with Gasteiger partial charge in [0.2, 0.25) is 0 Å². The predicted molar refractivity (Wildman–Crippen MR) is 112 cm³/mol. The van der Waals surface area contributed by atoms with Gasteiger partial charge in [-0.15, -0.1) is 11.6 Å². The standard InChI is InChI=1S/C21H23ClN4O3/c1-2-28-21(27)18-10-23-20-17(19(18)25-15-8-9-15)11-24-26(20)12-14(22)13-29-16-6-4-3-5-7-16/h3-7,10-11,14-15H,2,8-9,12-13H2,1H3,(H,23,25). The molecule has 1 aromatic carbocycles. The quantitative estimate of drug-likeness (QED) is 0.423. The average molecular weight is 415 g/mol. The van der Waals surface area contributed by atoms with E-state index in [1.807, 2.05) is 30.3 Å². The van der Waals surface area contributed by atoms with Crippen LogP contribution < -0.4 is 10.1 Å². The van der Waals surface area contributed by atoms with Crippen molar-refractivity contribution in [3.63, 3.8) is 0 Å². The fourth-order valence-corrected chi connectivity index (χ4v) is 3.25. The molecule has 0 bridgehead atoms. The van der Waals surface area contributed by atoms with E-state index in [0.717, 1.165) is 29.7 Å². The van der Waals surface area contributed by atoms with E-state index in [2.05, 4.69) is 15.4 Å². The first kappa shape index (κ1) is 19.5. The maximum atomic E-state index is 12.3. The Labute approximate surface area is 174 Å². The summed E-state index contributed by atoms with van der Waals surface area (Å²) in [7, 11) is 0. The summed E-state index contributed by atoms with van der Waals surface area (Å²) in [5.74, 6) is 0.390. The van der Waals surface area contributed by atoms with E-state index in [1.54, 1.807) is 24.0 Å². The van der Waals surface area contributed by atoms with Crippen LogP contribution in [0, 0.1) is 0 Å². The van der Waals surface area contributed by atoms with Crippen molar-refractivity contribution >= 4 is 34.3 Å². The summed E-state index contributed by atoms with van der Waals surface area (Å²) in [6.45, 7) is 2.88. The molecule has 1 fully saturated rings. The number of carbonyl (C=O) groups excluding carboxylic acids is 1. The first-order chi connectivity index (χ1) is 14.2. The lowest BCUT2D eigenvalue weighted by Crippen LogP contribution is -2.19. The van der Waals surface area contributed by atoms with Crippen LogP contribution in [0.1, 0.15) is 30.1 Å². The molecule has 152 valence electrons. The molecule has 29 heavy (non-hydrogen) atoms. The second-order valence-corrected chi connectivity index (χ2v) is 7.59. The van der Waals surface area contributed by atoms with Crippen LogP contribution in [0.4, 0.5) is 5.69 Å². The Bertz CT molecular complexity index is 988. The molecule has 1 N–H and O–H groups in total. The Morgan fingerprint density at radius 2 is 2.10 bits per heavy atom. The second kappa shape index (κ2) is 8.69. The van der Waals surface area contributed by atoms with Crippen LogP contribution in [-0.2, 0) is 11.3 Å². The molecule has 2 heterocycles. The molecule has 0 aliphatic heterocycles. The molecule has 1 unspecified atom stereocenters. The van der Waals surface area contributed by atoms with E-state index in [4.69, 9.17) is 21.1 Å². The number of halogens is 1. The van der Waals surface area contributed by atoms with Gasteiger partial charge in [-0.25, -0.2) is 14.5 Å². The van der Waals surface area contributed by atoms with Gasteiger partial charge in [0.15, 0.2) is 5.65 Å². The Balaban J connectivity index is 1.53. The van der Waals surface area contributed by atoms with E-state index in [-0.39, 0.29) is 11.3 Å². The number of aromatic nitrogens is 3. The molecule has 3 aromatic rings. The van der Waals surface area contributed by atoms with Crippen molar-refractivity contribution in [3.05, 3.63) is 48.3 Å². The zero-order chi connectivity index (χ0) is 20.2. The summed E-state index contributed by atoms with van der Waals surface area (Å²) >= 11 is 6.48. The van der Waals surface area contributed by atoms with E-state index in [9.17, 15) is 4.79 Å². The summed E-state index contributed by atoms with van der Waals surface area (Å²) in [6, 6.07) is 9.92. The van der Waals surface area contributed by atoms with E-state index >= 15 is 0 Å². The number of esters is 1. The normalized spacial score (nSPS) is 14.6. The van der Waals surface area contributed by atoms with Crippen LogP contribution in [-0.4, -0.2) is 45.4 Å². The first-order valence-electron chi connectivity index (χ1n) is 9.75. The number of pyridine rings is 1. The summed E-state index contributed by atoms with van der Waals surface area (Å²) in [6.07, 6.45) is 5.44. The van der Waals surface area contributed by atoms with Gasteiger partial charge in [-0.1, -0.05) is 18.2 Å². The van der Waals surface area contributed by atoms with Crippen molar-refractivity contribution in [2.75, 3.05) is 18.5 Å². The Morgan fingerprint density at radius 3 is 2.83 bits per heavy atom. The van der Waals surface area contributed by atoms with E-state index in [1.165, 1.54) is 0 Å². The minimum absolute atomic E-state index is 0.287. The molecule has 7 nitrogen and oxygen atoms in total. The average Bonchev–Trinajstić information content (AvgIpc) is 3.46. The Kier molecular flexibility index (Phi) is 5.85. The fourth-order valence-electron chi connectivity index (χ4n) is 3.05. The van der Waals surface area contributed by atoms with Crippen LogP contribution in [0.15, 0.2) is 42.7 Å². The molecule has 1 aliphatic rings. The van der Waals surface area contributed by atoms with Crippen molar-refractivity contribution in [2.45, 2.75) is 37.7 Å². The topological polar surface area (TPSA) is 78.3 Å². The molecule has 0 amide bonds. The predicted octanol–water partition coefficient (Wildman–Crippen LogP) is 3.87. The Morgan fingerprint density at radius 1 is 1.31 bits per heavy atom. The number of nitrogens with zero attached hydrogens (tertiary/aromatic N) is 3. The smallest absolute Gasteiger partial charge is 0.341 e. The summed E-state index contributed by atoms with van der Waals surface area (Å²) in [5.41, 5.74) is 1.83. The van der Waals surface area contributed by atoms with Gasteiger partial charge in [-0.3, -0.25) is 0 Å². The molecule has 8 heteroatoms. The number of carbonyl (C=O) groups is 1. The fraction of sp³-hybridized carbons (Fsp3) is 0.381. The molecule has 4 rings (SSSR count). The maximum Gasteiger partial charge on any atom is 0.341 e. The van der Waals surface area contributed by atoms with Crippen LogP contribution in [0.25, 0.3) is 11.0 Å². The molecule has 1 saturated carbocycles. The number of anilines is 1. The highest BCUT2D eigenvalue weighted by Gasteiger charge is 2.26. The third-order valence-electron chi connectivity index (χ3n) is 4.63. The van der Waals surface area contributed by atoms with Crippen LogP contribution in [0.5, 0.6) is 5.75 Å². The van der Waals surface area contributed by atoms with Gasteiger partial charge in [0.1, 0.15) is 17.9 Å². The number of rotatable bonds is 9. The van der Waals surface area contributed by atoms with Crippen molar-refractivity contribution in [3.8, 4) is 5.75 Å². The van der Waals surface area contributed by atoms with Crippen molar-refractivity contribution < 1.29 is 14.3 Å². The summed E-state index contributed by atoms with van der Waals surface area (Å²) in [5, 5.41) is 8.38. The molecule has 0 saturated heterocycles. The minimum atomic E-state index is -0.385. The molecule has 1 aliphatic carbocycles. The van der Waals surface area contributed by atoms with E-state index in [0.29, 0.717) is 37.0 Å². The van der Waals surface area contributed by atoms with Crippen LogP contribution >= 0.6 is 11.6 Å². The Hall–Kier alpha value is -2.80. The second-order valence-electron chi connectivity index (χ2n) is 6.97. The lowest BCUT2D eigenvalue weighted by Gasteiger charge is -2.14. The largest absolute Gasteiger partial charge is 0.492 e.